The van der Waals surface area contributed by atoms with Crippen molar-refractivity contribution in [1.29, 1.82) is 0 Å². The largest absolute Gasteiger partial charge is 0.445 e. The van der Waals surface area contributed by atoms with E-state index in [1.54, 1.807) is 0 Å². The summed E-state index contributed by atoms with van der Waals surface area (Å²) in [7, 11) is 0. The third-order valence-electron chi connectivity index (χ3n) is 8.00. The highest BCUT2D eigenvalue weighted by molar-refractivity contribution is 5.96. The van der Waals surface area contributed by atoms with Crippen LogP contribution >= 0.6 is 0 Å². The van der Waals surface area contributed by atoms with Crippen molar-refractivity contribution in [3.05, 3.63) is 120 Å². The average Bonchev–Trinajstić information content (AvgIpc) is 3.05. The Morgan fingerprint density at radius 3 is 1.80 bits per heavy atom. The van der Waals surface area contributed by atoms with E-state index in [-0.39, 0.29) is 18.4 Å². The van der Waals surface area contributed by atoms with Crippen molar-refractivity contribution in [2.24, 2.45) is 0 Å². The molecule has 1 fully saturated rings. The summed E-state index contributed by atoms with van der Waals surface area (Å²) in [4.78, 5) is 37.0. The molecule has 0 aliphatic carbocycles. The van der Waals surface area contributed by atoms with Crippen molar-refractivity contribution < 1.29 is 19.1 Å². The molecule has 4 rings (SSSR count). The Kier molecular flexibility index (Phi) is 12.1. The lowest BCUT2D eigenvalue weighted by Gasteiger charge is -2.37. The highest BCUT2D eigenvalue weighted by Gasteiger charge is 2.36. The minimum atomic E-state index is -0.556. The molecule has 232 valence electrons. The SMILES string of the molecule is C=CCOC(=O)NCCCC[C@@H]1NC(=O)[C@H](CCCCNC(c2ccccc2)(c2ccccc2)c2ccc(C)cc2)NC1=O. The first-order valence-corrected chi connectivity index (χ1v) is 15.5. The van der Waals surface area contributed by atoms with Crippen LogP contribution in [0.2, 0.25) is 0 Å². The zero-order valence-corrected chi connectivity index (χ0v) is 25.5. The number of benzene rings is 3. The first kappa shape index (κ1) is 32.5. The van der Waals surface area contributed by atoms with Crippen LogP contribution in [-0.4, -0.2) is 49.7 Å². The fourth-order valence-corrected chi connectivity index (χ4v) is 5.67. The lowest BCUT2D eigenvalue weighted by molar-refractivity contribution is -0.137. The number of amides is 3. The molecule has 1 aliphatic rings. The van der Waals surface area contributed by atoms with Crippen LogP contribution in [0.5, 0.6) is 0 Å². The van der Waals surface area contributed by atoms with Gasteiger partial charge in [0.25, 0.3) is 0 Å². The monoisotopic (exact) mass is 596 g/mol. The van der Waals surface area contributed by atoms with Crippen molar-refractivity contribution in [1.82, 2.24) is 21.3 Å². The maximum absolute atomic E-state index is 12.8. The van der Waals surface area contributed by atoms with Crippen molar-refractivity contribution in [2.45, 2.75) is 63.1 Å². The highest BCUT2D eigenvalue weighted by atomic mass is 16.5. The molecule has 0 bridgehead atoms. The van der Waals surface area contributed by atoms with Crippen molar-refractivity contribution in [3.8, 4) is 0 Å². The van der Waals surface area contributed by atoms with Gasteiger partial charge in [-0.05, 0) is 68.7 Å². The van der Waals surface area contributed by atoms with E-state index in [0.29, 0.717) is 32.2 Å². The van der Waals surface area contributed by atoms with E-state index >= 15 is 0 Å². The Morgan fingerprint density at radius 2 is 1.27 bits per heavy atom. The van der Waals surface area contributed by atoms with Gasteiger partial charge in [-0.25, -0.2) is 4.79 Å². The summed E-state index contributed by atoms with van der Waals surface area (Å²) in [5, 5.41) is 12.3. The van der Waals surface area contributed by atoms with Gasteiger partial charge in [-0.3, -0.25) is 14.9 Å². The predicted molar refractivity (Wildman–Crippen MR) is 173 cm³/mol. The molecule has 3 aromatic carbocycles. The molecule has 4 N–H and O–H groups in total. The van der Waals surface area contributed by atoms with Crippen LogP contribution in [0.1, 0.15) is 60.8 Å². The van der Waals surface area contributed by atoms with Gasteiger partial charge >= 0.3 is 6.09 Å². The zero-order chi connectivity index (χ0) is 31.2. The van der Waals surface area contributed by atoms with Gasteiger partial charge in [0, 0.05) is 6.54 Å². The van der Waals surface area contributed by atoms with Crippen molar-refractivity contribution >= 4 is 17.9 Å². The highest BCUT2D eigenvalue weighted by Crippen LogP contribution is 2.37. The first-order valence-electron chi connectivity index (χ1n) is 15.5. The molecule has 1 aliphatic heterocycles. The summed E-state index contributed by atoms with van der Waals surface area (Å²) in [6, 6.07) is 28.6. The summed E-state index contributed by atoms with van der Waals surface area (Å²) in [5.74, 6) is -0.297. The average molecular weight is 597 g/mol. The molecule has 1 heterocycles. The van der Waals surface area contributed by atoms with Crippen LogP contribution < -0.4 is 21.3 Å². The Bertz CT molecular complexity index is 1320. The van der Waals surface area contributed by atoms with E-state index in [1.165, 1.54) is 11.6 Å². The van der Waals surface area contributed by atoms with Gasteiger partial charge in [-0.2, -0.15) is 0 Å². The minimum absolute atomic E-state index is 0.142. The van der Waals surface area contributed by atoms with Crippen molar-refractivity contribution in [3.63, 3.8) is 0 Å². The third kappa shape index (κ3) is 8.57. The van der Waals surface area contributed by atoms with Crippen LogP contribution in [0.15, 0.2) is 97.6 Å². The van der Waals surface area contributed by atoms with Gasteiger partial charge in [0.15, 0.2) is 0 Å². The van der Waals surface area contributed by atoms with E-state index in [0.717, 1.165) is 36.1 Å². The van der Waals surface area contributed by atoms with Crippen LogP contribution in [0, 0.1) is 6.92 Å². The molecule has 0 spiro atoms. The molecular weight excluding hydrogens is 552 g/mol. The molecule has 8 heteroatoms. The Labute approximate surface area is 260 Å². The minimum Gasteiger partial charge on any atom is -0.445 e. The number of unbranched alkanes of at least 4 members (excludes halogenated alkanes) is 2. The summed E-state index contributed by atoms with van der Waals surface area (Å²) in [6.07, 6.45) is 5.05. The number of carbonyl (C=O) groups excluding carboxylic acids is 3. The maximum atomic E-state index is 12.8. The number of carbonyl (C=O) groups is 3. The number of hydrogen-bond donors (Lipinski definition) is 4. The molecule has 2 atom stereocenters. The molecule has 44 heavy (non-hydrogen) atoms. The summed E-state index contributed by atoms with van der Waals surface area (Å²) in [6.45, 7) is 6.91. The second-order valence-electron chi connectivity index (χ2n) is 11.2. The second kappa shape index (κ2) is 16.4. The molecule has 8 nitrogen and oxygen atoms in total. The van der Waals surface area contributed by atoms with E-state index in [1.807, 2.05) is 12.1 Å². The van der Waals surface area contributed by atoms with Gasteiger partial charge in [0.1, 0.15) is 18.7 Å². The predicted octanol–water partition coefficient (Wildman–Crippen LogP) is 5.11. The quantitative estimate of drug-likeness (QED) is 0.104. The zero-order valence-electron chi connectivity index (χ0n) is 25.5. The normalized spacial score (nSPS) is 16.5. The molecule has 0 aromatic heterocycles. The number of nitrogens with one attached hydrogen (secondary N) is 4. The van der Waals surface area contributed by atoms with E-state index in [2.05, 4.69) is 108 Å². The fourth-order valence-electron chi connectivity index (χ4n) is 5.67. The number of ether oxygens (including phenoxy) is 1. The van der Waals surface area contributed by atoms with Crippen LogP contribution in [0.4, 0.5) is 4.79 Å². The van der Waals surface area contributed by atoms with Crippen LogP contribution in [0.3, 0.4) is 0 Å². The second-order valence-corrected chi connectivity index (χ2v) is 11.2. The Balaban J connectivity index is 1.30. The standard InChI is InChI=1S/C36H44N4O4/c1-3-26-44-35(43)37-24-12-10-18-31-33(41)40-32(34(42)39-31)19-11-13-25-38-36(28-14-6-4-7-15-28,29-16-8-5-9-17-29)30-22-20-27(2)21-23-30/h3-9,14-17,20-23,31-32,38H,1,10-13,18-19,24-26H2,2H3,(H,37,43)(H,39,42)(H,40,41)/t31-,32-/m0/s1. The molecule has 0 unspecified atom stereocenters. The molecule has 3 amide bonds. The van der Waals surface area contributed by atoms with Gasteiger partial charge < -0.3 is 20.7 Å². The summed E-state index contributed by atoms with van der Waals surface area (Å²) >= 11 is 0. The van der Waals surface area contributed by atoms with E-state index < -0.39 is 23.7 Å². The molecular formula is C36H44N4O4. The number of hydrogen-bond acceptors (Lipinski definition) is 5. The molecule has 0 saturated carbocycles. The maximum Gasteiger partial charge on any atom is 0.407 e. The van der Waals surface area contributed by atoms with Gasteiger partial charge in [-0.15, -0.1) is 0 Å². The number of alkyl carbamates (subject to hydrolysis) is 1. The Morgan fingerprint density at radius 1 is 0.773 bits per heavy atom. The molecule has 0 radical (unpaired) electrons. The number of aryl methyl sites for hydroxylation is 1. The molecule has 3 aromatic rings. The van der Waals surface area contributed by atoms with Crippen molar-refractivity contribution in [2.75, 3.05) is 19.7 Å². The van der Waals surface area contributed by atoms with Crippen LogP contribution in [-0.2, 0) is 19.9 Å². The molecule has 1 saturated heterocycles. The summed E-state index contributed by atoms with van der Waals surface area (Å²) < 4.78 is 4.87. The lowest BCUT2D eigenvalue weighted by Crippen LogP contribution is -2.61. The lowest BCUT2D eigenvalue weighted by atomic mass is 9.76. The fraction of sp³-hybridized carbons (Fsp3) is 0.361. The van der Waals surface area contributed by atoms with E-state index in [9.17, 15) is 14.4 Å². The first-order chi connectivity index (χ1) is 21.4. The van der Waals surface area contributed by atoms with Crippen LogP contribution in [0.25, 0.3) is 0 Å². The van der Waals surface area contributed by atoms with Gasteiger partial charge in [0.2, 0.25) is 11.8 Å². The number of rotatable bonds is 16. The third-order valence-corrected chi connectivity index (χ3v) is 8.00. The Hall–Kier alpha value is -4.43. The van der Waals surface area contributed by atoms with E-state index in [4.69, 9.17) is 4.74 Å². The topological polar surface area (TPSA) is 109 Å². The smallest absolute Gasteiger partial charge is 0.407 e. The summed E-state index contributed by atoms with van der Waals surface area (Å²) in [5.41, 5.74) is 4.14. The van der Waals surface area contributed by atoms with Gasteiger partial charge in [0.05, 0.1) is 5.54 Å². The van der Waals surface area contributed by atoms with Gasteiger partial charge in [-0.1, -0.05) is 103 Å². The number of piperazine rings is 1.